The molecule has 0 aliphatic carbocycles. The first kappa shape index (κ1) is 21.5. The van der Waals surface area contributed by atoms with Crippen molar-refractivity contribution in [2.75, 3.05) is 23.5 Å². The van der Waals surface area contributed by atoms with Gasteiger partial charge in [0.15, 0.2) is 0 Å². The number of thioether (sulfide) groups is 1. The number of carbonyl (C=O) groups is 2. The van der Waals surface area contributed by atoms with Crippen LogP contribution in [-0.2, 0) is 4.79 Å². The molecule has 160 valence electrons. The Morgan fingerprint density at radius 2 is 1.59 bits per heavy atom. The lowest BCUT2D eigenvalue weighted by atomic mass is 10.1. The van der Waals surface area contributed by atoms with Crippen molar-refractivity contribution in [3.63, 3.8) is 0 Å². The largest absolute Gasteiger partial charge is 0.497 e. The van der Waals surface area contributed by atoms with Crippen LogP contribution in [0.4, 0.5) is 11.4 Å². The molecule has 0 heterocycles. The zero-order valence-corrected chi connectivity index (χ0v) is 18.3. The second-order valence-electron chi connectivity index (χ2n) is 7.05. The molecule has 0 atom stereocenters. The summed E-state index contributed by atoms with van der Waals surface area (Å²) in [6.07, 6.45) is 0. The standard InChI is InChI=1S/C26H22N2O3S/c1-31-20-11-7-10-19(16-20)27-25(29)17-32-24-15-5-4-13-22(24)26(30)28-23-14-6-9-18-8-2-3-12-21(18)23/h2-16H,17H2,1H3,(H,27,29)(H,28,30). The van der Waals surface area contributed by atoms with E-state index in [-0.39, 0.29) is 17.6 Å². The van der Waals surface area contributed by atoms with Gasteiger partial charge in [0.1, 0.15) is 5.75 Å². The van der Waals surface area contributed by atoms with Crippen LogP contribution in [-0.4, -0.2) is 24.7 Å². The molecule has 0 fully saturated rings. The molecule has 6 heteroatoms. The van der Waals surface area contributed by atoms with E-state index in [9.17, 15) is 9.59 Å². The lowest BCUT2D eigenvalue weighted by molar-refractivity contribution is -0.113. The highest BCUT2D eigenvalue weighted by molar-refractivity contribution is 8.00. The van der Waals surface area contributed by atoms with Gasteiger partial charge in [-0.15, -0.1) is 11.8 Å². The number of carbonyl (C=O) groups excluding carboxylic acids is 2. The van der Waals surface area contributed by atoms with Gasteiger partial charge in [-0.1, -0.05) is 54.6 Å². The first-order valence-electron chi connectivity index (χ1n) is 10.1. The highest BCUT2D eigenvalue weighted by atomic mass is 32.2. The molecule has 0 radical (unpaired) electrons. The average molecular weight is 443 g/mol. The molecule has 2 N–H and O–H groups in total. The third-order valence-electron chi connectivity index (χ3n) is 4.88. The summed E-state index contributed by atoms with van der Waals surface area (Å²) in [5.74, 6) is 0.478. The van der Waals surface area contributed by atoms with E-state index in [1.807, 2.05) is 72.8 Å². The van der Waals surface area contributed by atoms with Crippen LogP contribution in [0.15, 0.2) is 95.9 Å². The minimum Gasteiger partial charge on any atom is -0.497 e. The van der Waals surface area contributed by atoms with Gasteiger partial charge in [0.05, 0.1) is 18.4 Å². The number of hydrogen-bond acceptors (Lipinski definition) is 4. The fourth-order valence-electron chi connectivity index (χ4n) is 3.35. The smallest absolute Gasteiger partial charge is 0.256 e. The molecule has 5 nitrogen and oxygen atoms in total. The molecule has 2 amide bonds. The number of anilines is 2. The Kier molecular flexibility index (Phi) is 6.72. The summed E-state index contributed by atoms with van der Waals surface area (Å²) < 4.78 is 5.18. The van der Waals surface area contributed by atoms with Crippen molar-refractivity contribution in [2.45, 2.75) is 4.90 Å². The fraction of sp³-hybridized carbons (Fsp3) is 0.0769. The van der Waals surface area contributed by atoms with Crippen LogP contribution in [0.25, 0.3) is 10.8 Å². The van der Waals surface area contributed by atoms with E-state index >= 15 is 0 Å². The summed E-state index contributed by atoms with van der Waals surface area (Å²) in [4.78, 5) is 26.2. The quantitative estimate of drug-likeness (QED) is 0.353. The molecule has 4 aromatic rings. The van der Waals surface area contributed by atoms with Gasteiger partial charge in [-0.3, -0.25) is 9.59 Å². The molecule has 0 saturated carbocycles. The third-order valence-corrected chi connectivity index (χ3v) is 5.96. The number of nitrogens with one attached hydrogen (secondary N) is 2. The SMILES string of the molecule is COc1cccc(NC(=O)CSc2ccccc2C(=O)Nc2cccc3ccccc23)c1. The van der Waals surface area contributed by atoms with Crippen LogP contribution >= 0.6 is 11.8 Å². The van der Waals surface area contributed by atoms with Crippen LogP contribution in [0, 0.1) is 0 Å². The number of methoxy groups -OCH3 is 1. The van der Waals surface area contributed by atoms with E-state index in [4.69, 9.17) is 4.74 Å². The number of amides is 2. The van der Waals surface area contributed by atoms with Crippen LogP contribution in [0.3, 0.4) is 0 Å². The van der Waals surface area contributed by atoms with Gasteiger partial charge < -0.3 is 15.4 Å². The van der Waals surface area contributed by atoms with E-state index in [1.165, 1.54) is 11.8 Å². The predicted molar refractivity (Wildman–Crippen MR) is 131 cm³/mol. The van der Waals surface area contributed by atoms with Gasteiger partial charge in [-0.2, -0.15) is 0 Å². The van der Waals surface area contributed by atoms with Gasteiger partial charge in [0.25, 0.3) is 5.91 Å². The van der Waals surface area contributed by atoms with Gasteiger partial charge in [0, 0.05) is 27.7 Å². The zero-order valence-electron chi connectivity index (χ0n) is 17.5. The normalized spacial score (nSPS) is 10.5. The van der Waals surface area contributed by atoms with Crippen molar-refractivity contribution >= 4 is 45.7 Å². The maximum absolute atomic E-state index is 13.0. The Hall–Kier alpha value is -3.77. The summed E-state index contributed by atoms with van der Waals surface area (Å²) >= 11 is 1.32. The Bertz CT molecular complexity index is 1270. The average Bonchev–Trinajstić information content (AvgIpc) is 2.83. The van der Waals surface area contributed by atoms with Crippen molar-refractivity contribution in [3.05, 3.63) is 96.6 Å². The van der Waals surface area contributed by atoms with E-state index < -0.39 is 0 Å². The van der Waals surface area contributed by atoms with Crippen LogP contribution in [0.1, 0.15) is 10.4 Å². The zero-order chi connectivity index (χ0) is 22.3. The van der Waals surface area contributed by atoms with Crippen molar-refractivity contribution < 1.29 is 14.3 Å². The summed E-state index contributed by atoms with van der Waals surface area (Å²) in [6, 6.07) is 28.2. The van der Waals surface area contributed by atoms with Crippen molar-refractivity contribution in [2.24, 2.45) is 0 Å². The molecule has 0 aliphatic heterocycles. The molecular formula is C26H22N2O3S. The molecule has 4 aromatic carbocycles. The number of ether oxygens (including phenoxy) is 1. The Morgan fingerprint density at radius 3 is 2.47 bits per heavy atom. The van der Waals surface area contributed by atoms with E-state index in [0.29, 0.717) is 17.0 Å². The molecule has 0 aromatic heterocycles. The first-order chi connectivity index (χ1) is 15.6. The summed E-state index contributed by atoms with van der Waals surface area (Å²) in [6.45, 7) is 0. The maximum Gasteiger partial charge on any atom is 0.256 e. The van der Waals surface area contributed by atoms with Crippen LogP contribution in [0.2, 0.25) is 0 Å². The second-order valence-corrected chi connectivity index (χ2v) is 8.06. The number of hydrogen-bond donors (Lipinski definition) is 2. The summed E-state index contributed by atoms with van der Waals surface area (Å²) in [7, 11) is 1.58. The minimum absolute atomic E-state index is 0.160. The Labute approximate surface area is 190 Å². The van der Waals surface area contributed by atoms with Crippen LogP contribution < -0.4 is 15.4 Å². The molecule has 0 spiro atoms. The second kappa shape index (κ2) is 10.0. The number of rotatable bonds is 7. The number of fused-ring (bicyclic) bond motifs is 1. The highest BCUT2D eigenvalue weighted by Crippen LogP contribution is 2.27. The summed E-state index contributed by atoms with van der Waals surface area (Å²) in [5, 5.41) is 7.91. The molecule has 32 heavy (non-hydrogen) atoms. The predicted octanol–water partition coefficient (Wildman–Crippen LogP) is 5.83. The summed E-state index contributed by atoms with van der Waals surface area (Å²) in [5.41, 5.74) is 1.94. The molecular weight excluding hydrogens is 420 g/mol. The fourth-order valence-corrected chi connectivity index (χ4v) is 4.20. The highest BCUT2D eigenvalue weighted by Gasteiger charge is 2.14. The topological polar surface area (TPSA) is 67.4 Å². The molecule has 0 unspecified atom stereocenters. The lowest BCUT2D eigenvalue weighted by Crippen LogP contribution is -2.16. The third kappa shape index (κ3) is 5.10. The van der Waals surface area contributed by atoms with E-state index in [1.54, 1.807) is 25.3 Å². The number of benzene rings is 4. The van der Waals surface area contributed by atoms with Crippen molar-refractivity contribution in [3.8, 4) is 5.75 Å². The Morgan fingerprint density at radius 1 is 0.844 bits per heavy atom. The van der Waals surface area contributed by atoms with Gasteiger partial charge in [-0.05, 0) is 35.7 Å². The lowest BCUT2D eigenvalue weighted by Gasteiger charge is -2.12. The van der Waals surface area contributed by atoms with Crippen LogP contribution in [0.5, 0.6) is 5.75 Å². The van der Waals surface area contributed by atoms with Gasteiger partial charge in [-0.25, -0.2) is 0 Å². The monoisotopic (exact) mass is 442 g/mol. The molecule has 4 rings (SSSR count). The maximum atomic E-state index is 13.0. The molecule has 0 aliphatic rings. The van der Waals surface area contributed by atoms with E-state index in [2.05, 4.69) is 10.6 Å². The van der Waals surface area contributed by atoms with E-state index in [0.717, 1.165) is 21.4 Å². The van der Waals surface area contributed by atoms with Crippen molar-refractivity contribution in [1.29, 1.82) is 0 Å². The minimum atomic E-state index is -0.211. The molecule has 0 bridgehead atoms. The van der Waals surface area contributed by atoms with Gasteiger partial charge >= 0.3 is 0 Å². The molecule has 0 saturated heterocycles. The first-order valence-corrected chi connectivity index (χ1v) is 11.1. The van der Waals surface area contributed by atoms with Gasteiger partial charge in [0.2, 0.25) is 5.91 Å². The Balaban J connectivity index is 1.45. The van der Waals surface area contributed by atoms with Crippen molar-refractivity contribution in [1.82, 2.24) is 0 Å².